The van der Waals surface area contributed by atoms with E-state index < -0.39 is 0 Å². The van der Waals surface area contributed by atoms with E-state index in [0.717, 1.165) is 56.3 Å². The molecular formula is C15H24N4O. The van der Waals surface area contributed by atoms with Gasteiger partial charge in [0.15, 0.2) is 0 Å². The molecule has 0 aromatic carbocycles. The third kappa shape index (κ3) is 2.87. The fourth-order valence-corrected chi connectivity index (χ4v) is 3.04. The predicted octanol–water partition coefficient (Wildman–Crippen LogP) is 1.47. The molecule has 0 spiro atoms. The lowest BCUT2D eigenvalue weighted by Gasteiger charge is -2.35. The molecule has 2 N–H and O–H groups in total. The highest BCUT2D eigenvalue weighted by molar-refractivity contribution is 5.38. The van der Waals surface area contributed by atoms with E-state index in [1.165, 1.54) is 0 Å². The molecule has 1 aromatic heterocycles. The first kappa shape index (κ1) is 13.6. The van der Waals surface area contributed by atoms with E-state index in [-0.39, 0.29) is 5.56 Å². The van der Waals surface area contributed by atoms with E-state index in [1.54, 1.807) is 6.07 Å². The molecule has 1 atom stereocenters. The topological polar surface area (TPSA) is 61.0 Å². The van der Waals surface area contributed by atoms with Crippen molar-refractivity contribution in [3.8, 4) is 0 Å². The molecule has 2 aliphatic rings. The zero-order valence-corrected chi connectivity index (χ0v) is 12.4. The maximum absolute atomic E-state index is 11.8. The quantitative estimate of drug-likeness (QED) is 0.874. The Kier molecular flexibility index (Phi) is 3.78. The summed E-state index contributed by atoms with van der Waals surface area (Å²) in [6.07, 6.45) is 4.65. The Morgan fingerprint density at radius 2 is 2.05 bits per heavy atom. The zero-order chi connectivity index (χ0) is 14.1. The number of aromatic amines is 1. The van der Waals surface area contributed by atoms with Gasteiger partial charge in [-0.15, -0.1) is 0 Å². The number of anilines is 1. The minimum absolute atomic E-state index is 0.0115. The summed E-state index contributed by atoms with van der Waals surface area (Å²) in [5.74, 6) is 2.97. The first-order valence-electron chi connectivity index (χ1n) is 7.71. The maximum Gasteiger partial charge on any atom is 0.252 e. The van der Waals surface area contributed by atoms with Crippen molar-refractivity contribution in [3.05, 3.63) is 22.2 Å². The molecule has 1 aromatic rings. The molecule has 1 unspecified atom stereocenters. The summed E-state index contributed by atoms with van der Waals surface area (Å²) in [4.78, 5) is 21.6. The molecule has 1 aliphatic carbocycles. The predicted molar refractivity (Wildman–Crippen MR) is 80.3 cm³/mol. The molecule has 1 saturated heterocycles. The van der Waals surface area contributed by atoms with E-state index in [9.17, 15) is 4.79 Å². The fraction of sp³-hybridized carbons (Fsp3) is 0.733. The largest absolute Gasteiger partial charge is 0.356 e. The van der Waals surface area contributed by atoms with Gasteiger partial charge in [-0.25, -0.2) is 4.98 Å². The highest BCUT2D eigenvalue weighted by atomic mass is 16.1. The number of hydrogen-bond donors (Lipinski definition) is 2. The monoisotopic (exact) mass is 276 g/mol. The third-order valence-corrected chi connectivity index (χ3v) is 4.74. The van der Waals surface area contributed by atoms with Crippen LogP contribution in [-0.2, 0) is 0 Å². The molecule has 2 fully saturated rings. The summed E-state index contributed by atoms with van der Waals surface area (Å²) in [6, 6.07) is 2.21. The van der Waals surface area contributed by atoms with E-state index in [1.807, 2.05) is 7.05 Å². The van der Waals surface area contributed by atoms with Gasteiger partial charge in [0.2, 0.25) is 0 Å². The van der Waals surface area contributed by atoms with Gasteiger partial charge in [0, 0.05) is 31.1 Å². The molecule has 1 saturated carbocycles. The molecule has 110 valence electrons. The van der Waals surface area contributed by atoms with Gasteiger partial charge in [0.1, 0.15) is 11.6 Å². The Morgan fingerprint density at radius 1 is 1.35 bits per heavy atom. The van der Waals surface area contributed by atoms with Gasteiger partial charge in [0.05, 0.1) is 0 Å². The molecule has 0 radical (unpaired) electrons. The van der Waals surface area contributed by atoms with Gasteiger partial charge < -0.3 is 15.2 Å². The van der Waals surface area contributed by atoms with Crippen LogP contribution in [0.3, 0.4) is 0 Å². The Labute approximate surface area is 119 Å². The van der Waals surface area contributed by atoms with Crippen LogP contribution < -0.4 is 15.8 Å². The molecule has 2 heterocycles. The number of piperidine rings is 1. The number of rotatable bonds is 4. The molecule has 1 aliphatic heterocycles. The van der Waals surface area contributed by atoms with E-state index in [2.05, 4.69) is 27.1 Å². The van der Waals surface area contributed by atoms with Crippen LogP contribution in [0.5, 0.6) is 0 Å². The summed E-state index contributed by atoms with van der Waals surface area (Å²) in [6.45, 7) is 4.24. The standard InChI is InChI=1S/C15H24N4O/c1-10(16-2)11-5-7-19(8-6-11)13-9-14(20)18-15(17-13)12-3-4-12/h9-12,16H,3-8H2,1-2H3,(H,17,18,20). The van der Waals surface area contributed by atoms with Crippen LogP contribution in [0, 0.1) is 5.92 Å². The Balaban J connectivity index is 1.70. The van der Waals surface area contributed by atoms with E-state index >= 15 is 0 Å². The van der Waals surface area contributed by atoms with Crippen molar-refractivity contribution in [3.63, 3.8) is 0 Å². The fourth-order valence-electron chi connectivity index (χ4n) is 3.04. The van der Waals surface area contributed by atoms with Crippen LogP contribution in [0.1, 0.15) is 44.3 Å². The summed E-state index contributed by atoms with van der Waals surface area (Å²) in [5.41, 5.74) is -0.0115. The molecule has 0 bridgehead atoms. The number of nitrogens with one attached hydrogen (secondary N) is 2. The summed E-state index contributed by atoms with van der Waals surface area (Å²) in [7, 11) is 2.03. The van der Waals surface area contributed by atoms with Crippen LogP contribution in [-0.4, -0.2) is 36.1 Å². The van der Waals surface area contributed by atoms with Crippen molar-refractivity contribution < 1.29 is 0 Å². The smallest absolute Gasteiger partial charge is 0.252 e. The highest BCUT2D eigenvalue weighted by Gasteiger charge is 2.28. The van der Waals surface area contributed by atoms with E-state index in [0.29, 0.717) is 12.0 Å². The molecule has 3 rings (SSSR count). The molecule has 5 nitrogen and oxygen atoms in total. The van der Waals surface area contributed by atoms with Gasteiger partial charge >= 0.3 is 0 Å². The van der Waals surface area contributed by atoms with E-state index in [4.69, 9.17) is 0 Å². The number of H-pyrrole nitrogens is 1. The Bertz CT molecular complexity index is 515. The van der Waals surface area contributed by atoms with Crippen LogP contribution >= 0.6 is 0 Å². The van der Waals surface area contributed by atoms with Crippen molar-refractivity contribution >= 4 is 5.82 Å². The van der Waals surface area contributed by atoms with Crippen molar-refractivity contribution in [2.24, 2.45) is 5.92 Å². The van der Waals surface area contributed by atoms with Gasteiger partial charge in [-0.1, -0.05) is 0 Å². The number of aromatic nitrogens is 2. The molecule has 0 amide bonds. The normalized spacial score (nSPS) is 22.0. The zero-order valence-electron chi connectivity index (χ0n) is 12.4. The van der Waals surface area contributed by atoms with Gasteiger partial charge in [-0.05, 0) is 45.6 Å². The third-order valence-electron chi connectivity index (χ3n) is 4.74. The Hall–Kier alpha value is -1.36. The van der Waals surface area contributed by atoms with Gasteiger partial charge in [-0.2, -0.15) is 0 Å². The van der Waals surface area contributed by atoms with Crippen molar-refractivity contribution in [2.75, 3.05) is 25.0 Å². The lowest BCUT2D eigenvalue weighted by molar-refractivity contribution is 0.323. The Morgan fingerprint density at radius 3 is 2.65 bits per heavy atom. The van der Waals surface area contributed by atoms with Crippen molar-refractivity contribution in [1.82, 2.24) is 15.3 Å². The molecular weight excluding hydrogens is 252 g/mol. The lowest BCUT2D eigenvalue weighted by atomic mass is 9.90. The SMILES string of the molecule is CNC(C)C1CCN(c2cc(=O)[nH]c(C3CC3)n2)CC1. The number of nitrogens with zero attached hydrogens (tertiary/aromatic N) is 2. The average molecular weight is 276 g/mol. The first-order valence-corrected chi connectivity index (χ1v) is 7.71. The van der Waals surface area contributed by atoms with Crippen molar-refractivity contribution in [1.29, 1.82) is 0 Å². The minimum atomic E-state index is -0.0115. The second-order valence-corrected chi connectivity index (χ2v) is 6.16. The number of hydrogen-bond acceptors (Lipinski definition) is 4. The van der Waals surface area contributed by atoms with Crippen LogP contribution in [0.15, 0.2) is 10.9 Å². The highest BCUT2D eigenvalue weighted by Crippen LogP contribution is 2.38. The van der Waals surface area contributed by atoms with Crippen LogP contribution in [0.2, 0.25) is 0 Å². The second-order valence-electron chi connectivity index (χ2n) is 6.16. The first-order chi connectivity index (χ1) is 9.67. The minimum Gasteiger partial charge on any atom is -0.356 e. The van der Waals surface area contributed by atoms with Gasteiger partial charge in [0.25, 0.3) is 5.56 Å². The summed E-state index contributed by atoms with van der Waals surface area (Å²) < 4.78 is 0. The summed E-state index contributed by atoms with van der Waals surface area (Å²) in [5, 5.41) is 3.34. The second kappa shape index (κ2) is 5.56. The average Bonchev–Trinajstić information content (AvgIpc) is 3.30. The van der Waals surface area contributed by atoms with Crippen molar-refractivity contribution in [2.45, 2.75) is 44.6 Å². The molecule has 20 heavy (non-hydrogen) atoms. The summed E-state index contributed by atoms with van der Waals surface area (Å²) >= 11 is 0. The maximum atomic E-state index is 11.8. The van der Waals surface area contributed by atoms with Crippen LogP contribution in [0.25, 0.3) is 0 Å². The lowest BCUT2D eigenvalue weighted by Crippen LogP contribution is -2.41. The molecule has 5 heteroatoms. The van der Waals surface area contributed by atoms with Gasteiger partial charge in [-0.3, -0.25) is 4.79 Å². The van der Waals surface area contributed by atoms with Crippen LogP contribution in [0.4, 0.5) is 5.82 Å².